The molecule has 0 radical (unpaired) electrons. The molecule has 0 atom stereocenters. The van der Waals surface area contributed by atoms with Gasteiger partial charge in [0.2, 0.25) is 5.89 Å². The summed E-state index contributed by atoms with van der Waals surface area (Å²) in [4.78, 5) is 16.6. The third kappa shape index (κ3) is 3.99. The van der Waals surface area contributed by atoms with Gasteiger partial charge in [0.05, 0.1) is 23.8 Å². The van der Waals surface area contributed by atoms with Crippen LogP contribution in [0.1, 0.15) is 29.6 Å². The van der Waals surface area contributed by atoms with Crippen molar-refractivity contribution in [2.75, 3.05) is 13.7 Å². The predicted molar refractivity (Wildman–Crippen MR) is 99.6 cm³/mol. The molecule has 3 rings (SSSR count). The van der Waals surface area contributed by atoms with Gasteiger partial charge in [0.15, 0.2) is 23.7 Å². The molecule has 0 bridgehead atoms. The van der Waals surface area contributed by atoms with Gasteiger partial charge in [-0.15, -0.1) is 0 Å². The minimum atomic E-state index is -0.506. The molecule has 136 valence electrons. The molecule has 7 heteroatoms. The fraction of sp³-hybridized carbons (Fsp3) is 0.263. The maximum atomic E-state index is 12.4. The molecule has 3 aromatic rings. The molecule has 0 aliphatic carbocycles. The van der Waals surface area contributed by atoms with Gasteiger partial charge in [0.1, 0.15) is 5.52 Å². The van der Waals surface area contributed by atoms with E-state index in [9.17, 15) is 4.79 Å². The lowest BCUT2D eigenvalue weighted by molar-refractivity contribution is 0.0439. The number of oxazole rings is 1. The smallest absolute Gasteiger partial charge is 0.338 e. The Bertz CT molecular complexity index is 888. The molecule has 6 nitrogen and oxygen atoms in total. The Balaban J connectivity index is 1.73. The highest BCUT2D eigenvalue weighted by Crippen LogP contribution is 2.37. The quantitative estimate of drug-likeness (QED) is 0.514. The number of hydrogen-bond donors (Lipinski definition) is 0. The van der Waals surface area contributed by atoms with E-state index in [1.165, 1.54) is 7.11 Å². The number of halogens is 1. The number of aromatic nitrogens is 1. The van der Waals surface area contributed by atoms with E-state index in [1.807, 2.05) is 31.2 Å². The summed E-state index contributed by atoms with van der Waals surface area (Å²) in [7, 11) is 1.52. The van der Waals surface area contributed by atoms with Crippen molar-refractivity contribution >= 4 is 33.0 Å². The Morgan fingerprint density at radius 3 is 2.81 bits per heavy atom. The molecule has 0 aliphatic rings. The number of rotatable bonds is 7. The first-order valence-corrected chi connectivity index (χ1v) is 8.93. The number of esters is 1. The van der Waals surface area contributed by atoms with Gasteiger partial charge in [-0.3, -0.25) is 0 Å². The van der Waals surface area contributed by atoms with Crippen molar-refractivity contribution < 1.29 is 23.4 Å². The summed E-state index contributed by atoms with van der Waals surface area (Å²) in [6.07, 6.45) is 0.865. The van der Waals surface area contributed by atoms with Crippen LogP contribution < -0.4 is 9.47 Å². The molecule has 0 N–H and O–H groups in total. The molecule has 0 saturated heterocycles. The summed E-state index contributed by atoms with van der Waals surface area (Å²) in [6, 6.07) is 10.6. The molecule has 0 aliphatic heterocycles. The van der Waals surface area contributed by atoms with Crippen LogP contribution in [0.3, 0.4) is 0 Å². The van der Waals surface area contributed by atoms with E-state index in [4.69, 9.17) is 18.6 Å². The average molecular weight is 420 g/mol. The third-order valence-electron chi connectivity index (χ3n) is 3.58. The lowest BCUT2D eigenvalue weighted by Crippen LogP contribution is -2.07. The van der Waals surface area contributed by atoms with Crippen LogP contribution in [-0.2, 0) is 11.3 Å². The number of nitrogens with zero attached hydrogens (tertiary/aromatic N) is 1. The lowest BCUT2D eigenvalue weighted by Gasteiger charge is -2.13. The zero-order valence-electron chi connectivity index (χ0n) is 14.5. The Kier molecular flexibility index (Phi) is 5.78. The van der Waals surface area contributed by atoms with Gasteiger partial charge in [0.25, 0.3) is 0 Å². The van der Waals surface area contributed by atoms with Gasteiger partial charge in [-0.1, -0.05) is 19.1 Å². The van der Waals surface area contributed by atoms with Gasteiger partial charge in [0, 0.05) is 0 Å². The highest BCUT2D eigenvalue weighted by Gasteiger charge is 2.17. The molecule has 0 fully saturated rings. The molecule has 0 spiro atoms. The summed E-state index contributed by atoms with van der Waals surface area (Å²) >= 11 is 3.41. The molecule has 0 amide bonds. The highest BCUT2D eigenvalue weighted by molar-refractivity contribution is 9.10. The first kappa shape index (κ1) is 18.3. The van der Waals surface area contributed by atoms with E-state index in [0.717, 1.165) is 11.9 Å². The van der Waals surface area contributed by atoms with Gasteiger partial charge in [-0.05, 0) is 46.6 Å². The SMILES string of the molecule is CCCOc1c(Br)cc(C(=O)OCc2nc3ccccc3o2)cc1OC. The fourth-order valence-corrected chi connectivity index (χ4v) is 2.93. The van der Waals surface area contributed by atoms with Crippen molar-refractivity contribution in [3.05, 3.63) is 52.3 Å². The molecule has 0 unspecified atom stereocenters. The van der Waals surface area contributed by atoms with Crippen LogP contribution in [-0.4, -0.2) is 24.7 Å². The van der Waals surface area contributed by atoms with E-state index >= 15 is 0 Å². The lowest BCUT2D eigenvalue weighted by atomic mass is 10.2. The maximum absolute atomic E-state index is 12.4. The van der Waals surface area contributed by atoms with Crippen molar-refractivity contribution in [2.45, 2.75) is 20.0 Å². The number of carbonyl (C=O) groups excluding carboxylic acids is 1. The number of benzene rings is 2. The summed E-state index contributed by atoms with van der Waals surface area (Å²) in [5, 5.41) is 0. The van der Waals surface area contributed by atoms with Gasteiger partial charge in [-0.25, -0.2) is 9.78 Å². The zero-order valence-corrected chi connectivity index (χ0v) is 16.0. The Hall–Kier alpha value is -2.54. The topological polar surface area (TPSA) is 70.8 Å². The molecule has 1 heterocycles. The van der Waals surface area contributed by atoms with Gasteiger partial charge < -0.3 is 18.6 Å². The summed E-state index contributed by atoms with van der Waals surface area (Å²) < 4.78 is 22.5. The van der Waals surface area contributed by atoms with Crippen molar-refractivity contribution in [2.24, 2.45) is 0 Å². The Morgan fingerprint density at radius 2 is 2.08 bits per heavy atom. The summed E-state index contributed by atoms with van der Waals surface area (Å²) in [5.74, 6) is 0.855. The molecule has 0 saturated carbocycles. The van der Waals surface area contributed by atoms with Crippen LogP contribution in [0.4, 0.5) is 0 Å². The minimum absolute atomic E-state index is 0.0540. The predicted octanol–water partition coefficient (Wildman–Crippen LogP) is 4.74. The van der Waals surface area contributed by atoms with E-state index in [1.54, 1.807) is 12.1 Å². The van der Waals surface area contributed by atoms with Gasteiger partial charge in [-0.2, -0.15) is 0 Å². The first-order chi connectivity index (χ1) is 12.6. The zero-order chi connectivity index (χ0) is 18.5. The number of ether oxygens (including phenoxy) is 3. The number of methoxy groups -OCH3 is 1. The highest BCUT2D eigenvalue weighted by atomic mass is 79.9. The fourth-order valence-electron chi connectivity index (χ4n) is 2.37. The van der Waals surface area contributed by atoms with Crippen LogP contribution in [0.15, 0.2) is 45.3 Å². The first-order valence-electron chi connectivity index (χ1n) is 8.14. The Morgan fingerprint density at radius 1 is 1.27 bits per heavy atom. The second kappa shape index (κ2) is 8.23. The van der Waals surface area contributed by atoms with Crippen LogP contribution in [0.25, 0.3) is 11.1 Å². The van der Waals surface area contributed by atoms with Crippen LogP contribution in [0.2, 0.25) is 0 Å². The molecule has 1 aromatic heterocycles. The standard InChI is InChI=1S/C19H18BrNO5/c1-3-8-24-18-13(20)9-12(10-16(18)23-2)19(22)25-11-17-21-14-6-4-5-7-15(14)26-17/h4-7,9-10H,3,8,11H2,1-2H3. The average Bonchev–Trinajstić information content (AvgIpc) is 3.07. The van der Waals surface area contributed by atoms with Crippen LogP contribution in [0.5, 0.6) is 11.5 Å². The minimum Gasteiger partial charge on any atom is -0.493 e. The molecular formula is C19H18BrNO5. The van der Waals surface area contributed by atoms with Crippen molar-refractivity contribution in [3.63, 3.8) is 0 Å². The van der Waals surface area contributed by atoms with Crippen molar-refractivity contribution in [3.8, 4) is 11.5 Å². The Labute approximate surface area is 159 Å². The number of para-hydroxylation sites is 2. The van der Waals surface area contributed by atoms with Crippen molar-refractivity contribution in [1.29, 1.82) is 0 Å². The normalized spacial score (nSPS) is 10.7. The largest absolute Gasteiger partial charge is 0.493 e. The number of hydrogen-bond acceptors (Lipinski definition) is 6. The van der Waals surface area contributed by atoms with E-state index < -0.39 is 5.97 Å². The molecule has 26 heavy (non-hydrogen) atoms. The van der Waals surface area contributed by atoms with E-state index in [-0.39, 0.29) is 6.61 Å². The summed E-state index contributed by atoms with van der Waals surface area (Å²) in [5.41, 5.74) is 1.72. The molecule has 2 aromatic carbocycles. The third-order valence-corrected chi connectivity index (χ3v) is 4.17. The van der Waals surface area contributed by atoms with Crippen molar-refractivity contribution in [1.82, 2.24) is 4.98 Å². The van der Waals surface area contributed by atoms with Crippen LogP contribution >= 0.6 is 15.9 Å². The number of fused-ring (bicyclic) bond motifs is 1. The van der Waals surface area contributed by atoms with Crippen LogP contribution in [0, 0.1) is 0 Å². The summed E-state index contributed by atoms with van der Waals surface area (Å²) in [6.45, 7) is 2.51. The van der Waals surface area contributed by atoms with E-state index in [2.05, 4.69) is 20.9 Å². The number of carbonyl (C=O) groups is 1. The monoisotopic (exact) mass is 419 g/mol. The maximum Gasteiger partial charge on any atom is 0.338 e. The van der Waals surface area contributed by atoms with E-state index in [0.29, 0.717) is 39.6 Å². The van der Waals surface area contributed by atoms with Gasteiger partial charge >= 0.3 is 5.97 Å². The molecular weight excluding hydrogens is 402 g/mol. The second-order valence-electron chi connectivity index (χ2n) is 5.49. The second-order valence-corrected chi connectivity index (χ2v) is 6.34.